The third-order valence-electron chi connectivity index (χ3n) is 5.81. The van der Waals surface area contributed by atoms with E-state index in [1.54, 1.807) is 51.1 Å². The highest BCUT2D eigenvalue weighted by Crippen LogP contribution is 2.31. The Labute approximate surface area is 237 Å². The molecule has 0 fully saturated rings. The maximum Gasteiger partial charge on any atom is 0.412 e. The summed E-state index contributed by atoms with van der Waals surface area (Å²) in [5.41, 5.74) is 1.80. The molecule has 0 aliphatic heterocycles. The SMILES string of the molecule is CC(C)(C)OC(=O)Nc1ccc(-c2ccc(F)cc2)cc1NC(=O)c1ccc(S(=N)(=O)c2cncc(CO)c2)cc1. The highest BCUT2D eigenvalue weighted by atomic mass is 32.2. The zero-order chi connectivity index (χ0) is 29.8. The number of aromatic nitrogens is 1. The van der Waals surface area contributed by atoms with E-state index in [0.29, 0.717) is 16.7 Å². The predicted octanol–water partition coefficient (Wildman–Crippen LogP) is 6.44. The van der Waals surface area contributed by atoms with Crippen LogP contribution in [0.25, 0.3) is 11.1 Å². The van der Waals surface area contributed by atoms with Crippen LogP contribution in [0.15, 0.2) is 95.0 Å². The number of pyridine rings is 1. The fourth-order valence-corrected chi connectivity index (χ4v) is 5.15. The topological polar surface area (TPSA) is 141 Å². The van der Waals surface area contributed by atoms with Crippen molar-refractivity contribution in [1.29, 1.82) is 4.78 Å². The van der Waals surface area contributed by atoms with E-state index in [2.05, 4.69) is 15.6 Å². The van der Waals surface area contributed by atoms with Crippen LogP contribution in [0.2, 0.25) is 0 Å². The third kappa shape index (κ3) is 7.33. The number of anilines is 2. The Kier molecular flexibility index (Phi) is 8.50. The molecule has 1 atom stereocenters. The summed E-state index contributed by atoms with van der Waals surface area (Å²) < 4.78 is 40.5. The molecule has 1 aromatic heterocycles. The zero-order valence-electron chi connectivity index (χ0n) is 22.6. The van der Waals surface area contributed by atoms with Crippen LogP contribution in [0.1, 0.15) is 36.7 Å². The number of carbonyl (C=O) groups is 2. The van der Waals surface area contributed by atoms with Gasteiger partial charge in [0.25, 0.3) is 5.91 Å². The quantitative estimate of drug-likeness (QED) is 0.199. The maximum absolute atomic E-state index is 13.5. The van der Waals surface area contributed by atoms with Crippen molar-refractivity contribution in [3.63, 3.8) is 0 Å². The Morgan fingerprint density at radius 3 is 2.20 bits per heavy atom. The molecule has 212 valence electrons. The zero-order valence-corrected chi connectivity index (χ0v) is 23.4. The van der Waals surface area contributed by atoms with E-state index in [9.17, 15) is 23.3 Å². The maximum atomic E-state index is 13.5. The molecule has 3 aromatic carbocycles. The Morgan fingerprint density at radius 1 is 0.902 bits per heavy atom. The number of hydrogen-bond donors (Lipinski definition) is 4. The van der Waals surface area contributed by atoms with Crippen molar-refractivity contribution in [2.24, 2.45) is 0 Å². The number of hydrogen-bond acceptors (Lipinski definition) is 7. The van der Waals surface area contributed by atoms with Crippen molar-refractivity contribution < 1.29 is 28.0 Å². The number of benzene rings is 3. The monoisotopic (exact) mass is 576 g/mol. The summed E-state index contributed by atoms with van der Waals surface area (Å²) in [5.74, 6) is -0.914. The van der Waals surface area contributed by atoms with Crippen LogP contribution in [0.3, 0.4) is 0 Å². The number of aliphatic hydroxyl groups is 1. The van der Waals surface area contributed by atoms with E-state index in [1.165, 1.54) is 54.9 Å². The molecule has 41 heavy (non-hydrogen) atoms. The van der Waals surface area contributed by atoms with Gasteiger partial charge >= 0.3 is 6.09 Å². The van der Waals surface area contributed by atoms with Gasteiger partial charge in [-0.3, -0.25) is 15.1 Å². The van der Waals surface area contributed by atoms with Gasteiger partial charge in [0.15, 0.2) is 0 Å². The molecule has 0 bridgehead atoms. The lowest BCUT2D eigenvalue weighted by atomic mass is 10.0. The van der Waals surface area contributed by atoms with Crippen molar-refractivity contribution in [3.05, 3.63) is 102 Å². The first kappa shape index (κ1) is 29.4. The predicted molar refractivity (Wildman–Crippen MR) is 154 cm³/mol. The number of carbonyl (C=O) groups excluding carboxylic acids is 2. The molecule has 0 saturated heterocycles. The van der Waals surface area contributed by atoms with E-state index in [1.807, 2.05) is 0 Å². The van der Waals surface area contributed by atoms with Crippen molar-refractivity contribution in [2.75, 3.05) is 10.6 Å². The number of nitrogens with zero attached hydrogens (tertiary/aromatic N) is 1. The van der Waals surface area contributed by atoms with Crippen LogP contribution in [-0.2, 0) is 21.1 Å². The lowest BCUT2D eigenvalue weighted by Gasteiger charge is -2.21. The Bertz CT molecular complexity index is 1680. The highest BCUT2D eigenvalue weighted by Gasteiger charge is 2.20. The van der Waals surface area contributed by atoms with Crippen LogP contribution in [0, 0.1) is 10.6 Å². The molecule has 9 nitrogen and oxygen atoms in total. The first-order valence-corrected chi connectivity index (χ1v) is 14.1. The first-order valence-electron chi connectivity index (χ1n) is 12.5. The molecule has 4 rings (SSSR count). The third-order valence-corrected chi connectivity index (χ3v) is 7.64. The molecule has 4 N–H and O–H groups in total. The molecule has 0 saturated carbocycles. The second kappa shape index (κ2) is 11.9. The minimum absolute atomic E-state index is 0.136. The van der Waals surface area contributed by atoms with Gasteiger partial charge < -0.3 is 15.2 Å². The first-order chi connectivity index (χ1) is 19.4. The Morgan fingerprint density at radius 2 is 1.56 bits per heavy atom. The van der Waals surface area contributed by atoms with Crippen molar-refractivity contribution >= 4 is 33.1 Å². The van der Waals surface area contributed by atoms with Gasteiger partial charge in [-0.25, -0.2) is 18.2 Å². The van der Waals surface area contributed by atoms with Crippen molar-refractivity contribution in [2.45, 2.75) is 42.8 Å². The summed E-state index contributed by atoms with van der Waals surface area (Å²) in [6.07, 6.45) is 2.02. The van der Waals surface area contributed by atoms with Crippen LogP contribution in [0.5, 0.6) is 0 Å². The van der Waals surface area contributed by atoms with E-state index >= 15 is 0 Å². The summed E-state index contributed by atoms with van der Waals surface area (Å²) in [6, 6.07) is 18.0. The Balaban J connectivity index is 1.62. The van der Waals surface area contributed by atoms with Gasteiger partial charge in [0.2, 0.25) is 0 Å². The molecular weight excluding hydrogens is 547 g/mol. The van der Waals surface area contributed by atoms with Crippen molar-refractivity contribution in [1.82, 2.24) is 4.98 Å². The molecule has 2 amide bonds. The van der Waals surface area contributed by atoms with E-state index in [4.69, 9.17) is 9.52 Å². The second-order valence-corrected chi connectivity index (χ2v) is 12.2. The highest BCUT2D eigenvalue weighted by molar-refractivity contribution is 7.92. The summed E-state index contributed by atoms with van der Waals surface area (Å²) in [4.78, 5) is 29.9. The minimum atomic E-state index is -3.44. The molecule has 11 heteroatoms. The summed E-state index contributed by atoms with van der Waals surface area (Å²) in [7, 11) is -3.44. The molecular formula is C30H29FN4O5S. The van der Waals surface area contributed by atoms with Crippen molar-refractivity contribution in [3.8, 4) is 11.1 Å². The largest absolute Gasteiger partial charge is 0.444 e. The molecule has 0 aliphatic rings. The normalized spacial score (nSPS) is 12.7. The lowest BCUT2D eigenvalue weighted by molar-refractivity contribution is 0.0635. The number of nitrogens with one attached hydrogen (secondary N) is 3. The fraction of sp³-hybridized carbons (Fsp3) is 0.167. The minimum Gasteiger partial charge on any atom is -0.444 e. The average molecular weight is 577 g/mol. The van der Waals surface area contributed by atoms with Crippen LogP contribution in [0.4, 0.5) is 20.6 Å². The van der Waals surface area contributed by atoms with E-state index in [0.717, 1.165) is 0 Å². The van der Waals surface area contributed by atoms with Gasteiger partial charge in [0.05, 0.1) is 27.8 Å². The van der Waals surface area contributed by atoms with Gasteiger partial charge in [-0.2, -0.15) is 0 Å². The van der Waals surface area contributed by atoms with Gasteiger partial charge in [0, 0.05) is 18.0 Å². The van der Waals surface area contributed by atoms with Gasteiger partial charge in [-0.15, -0.1) is 0 Å². The van der Waals surface area contributed by atoms with Gasteiger partial charge in [0.1, 0.15) is 21.1 Å². The molecule has 0 radical (unpaired) electrons. The number of amides is 2. The summed E-state index contributed by atoms with van der Waals surface area (Å²) in [5, 5.41) is 14.8. The number of halogens is 1. The molecule has 1 unspecified atom stereocenters. The van der Waals surface area contributed by atoms with E-state index in [-0.39, 0.29) is 39.2 Å². The molecule has 4 aromatic rings. The van der Waals surface area contributed by atoms with Crippen LogP contribution < -0.4 is 10.6 Å². The smallest absolute Gasteiger partial charge is 0.412 e. The number of ether oxygens (including phenoxy) is 1. The fourth-order valence-electron chi connectivity index (χ4n) is 3.83. The second-order valence-electron chi connectivity index (χ2n) is 10.1. The molecule has 0 aliphatic carbocycles. The van der Waals surface area contributed by atoms with E-state index < -0.39 is 27.3 Å². The Hall–Kier alpha value is -4.61. The number of aliphatic hydroxyl groups excluding tert-OH is 1. The lowest BCUT2D eigenvalue weighted by Crippen LogP contribution is -2.27. The molecule has 1 heterocycles. The summed E-state index contributed by atoms with van der Waals surface area (Å²) >= 11 is 0. The standard InChI is InChI=1S/C30H29FN4O5S/c1-30(2,3)40-29(38)35-26-13-8-22(20-4-9-23(31)10-5-20)15-27(26)34-28(37)21-6-11-24(12-7-21)41(32,39)25-14-19(18-36)16-33-17-25/h4-17,32,36H,18H2,1-3H3,(H,34,37)(H,35,38). The van der Waals surface area contributed by atoms with Gasteiger partial charge in [-0.05, 0) is 92.1 Å². The molecule has 0 spiro atoms. The van der Waals surface area contributed by atoms with Crippen LogP contribution >= 0.6 is 0 Å². The van der Waals surface area contributed by atoms with Gasteiger partial charge in [-0.1, -0.05) is 18.2 Å². The van der Waals surface area contributed by atoms with Crippen LogP contribution in [-0.4, -0.2) is 31.9 Å². The average Bonchev–Trinajstić information content (AvgIpc) is 2.93. The summed E-state index contributed by atoms with van der Waals surface area (Å²) in [6.45, 7) is 4.88. The number of rotatable bonds is 7.